The van der Waals surface area contributed by atoms with Crippen molar-refractivity contribution in [2.24, 2.45) is 0 Å². The largest absolute Gasteiger partial charge is 0.296 e. The standard InChI is InChI=1S/C9H12N2O/c1-7-5-9(12)11(6-10-7)8-3-2-4-8/h5-6,8H,2-4H2,1H3. The summed E-state index contributed by atoms with van der Waals surface area (Å²) in [7, 11) is 0. The van der Waals surface area contributed by atoms with E-state index in [0.29, 0.717) is 6.04 Å². The molecule has 1 fully saturated rings. The van der Waals surface area contributed by atoms with Gasteiger partial charge in [0.15, 0.2) is 0 Å². The molecule has 3 nitrogen and oxygen atoms in total. The van der Waals surface area contributed by atoms with Crippen LogP contribution in [0.2, 0.25) is 0 Å². The second-order valence-electron chi connectivity index (χ2n) is 3.36. The van der Waals surface area contributed by atoms with Crippen molar-refractivity contribution < 1.29 is 0 Å². The zero-order valence-electron chi connectivity index (χ0n) is 7.16. The predicted octanol–water partition coefficient (Wildman–Crippen LogP) is 1.28. The Morgan fingerprint density at radius 1 is 1.58 bits per heavy atom. The molecule has 0 spiro atoms. The molecule has 0 unspecified atom stereocenters. The van der Waals surface area contributed by atoms with E-state index in [4.69, 9.17) is 0 Å². The third kappa shape index (κ3) is 1.15. The highest BCUT2D eigenvalue weighted by atomic mass is 16.1. The number of rotatable bonds is 1. The van der Waals surface area contributed by atoms with Crippen LogP contribution in [0.4, 0.5) is 0 Å². The summed E-state index contributed by atoms with van der Waals surface area (Å²) >= 11 is 0. The summed E-state index contributed by atoms with van der Waals surface area (Å²) < 4.78 is 1.75. The molecule has 1 saturated carbocycles. The van der Waals surface area contributed by atoms with Gasteiger partial charge in [0.1, 0.15) is 0 Å². The lowest BCUT2D eigenvalue weighted by atomic mass is 9.93. The van der Waals surface area contributed by atoms with E-state index in [9.17, 15) is 4.79 Å². The van der Waals surface area contributed by atoms with E-state index >= 15 is 0 Å². The first-order chi connectivity index (χ1) is 5.77. The fraction of sp³-hybridized carbons (Fsp3) is 0.556. The van der Waals surface area contributed by atoms with E-state index in [0.717, 1.165) is 18.5 Å². The molecule has 1 aromatic heterocycles. The summed E-state index contributed by atoms with van der Waals surface area (Å²) in [5, 5.41) is 0. The predicted molar refractivity (Wildman–Crippen MR) is 46.1 cm³/mol. The van der Waals surface area contributed by atoms with Crippen molar-refractivity contribution >= 4 is 0 Å². The first-order valence-corrected chi connectivity index (χ1v) is 4.32. The molecule has 1 aliphatic rings. The quantitative estimate of drug-likeness (QED) is 0.626. The van der Waals surface area contributed by atoms with Crippen LogP contribution in [-0.2, 0) is 0 Å². The van der Waals surface area contributed by atoms with Gasteiger partial charge in [0.25, 0.3) is 5.56 Å². The zero-order valence-corrected chi connectivity index (χ0v) is 7.16. The van der Waals surface area contributed by atoms with Gasteiger partial charge in [-0.05, 0) is 26.2 Å². The van der Waals surface area contributed by atoms with E-state index in [-0.39, 0.29) is 5.56 Å². The fourth-order valence-electron chi connectivity index (χ4n) is 1.44. The number of hydrogen-bond acceptors (Lipinski definition) is 2. The molecule has 1 aromatic rings. The van der Waals surface area contributed by atoms with Gasteiger partial charge in [-0.1, -0.05) is 0 Å². The minimum Gasteiger partial charge on any atom is -0.296 e. The molecule has 0 aliphatic heterocycles. The van der Waals surface area contributed by atoms with Gasteiger partial charge in [-0.3, -0.25) is 9.36 Å². The molecule has 0 atom stereocenters. The van der Waals surface area contributed by atoms with Crippen LogP contribution in [0, 0.1) is 6.92 Å². The number of aryl methyl sites for hydroxylation is 1. The smallest absolute Gasteiger partial charge is 0.253 e. The zero-order chi connectivity index (χ0) is 8.55. The van der Waals surface area contributed by atoms with Crippen LogP contribution >= 0.6 is 0 Å². The number of nitrogens with zero attached hydrogens (tertiary/aromatic N) is 2. The van der Waals surface area contributed by atoms with E-state index in [1.807, 2.05) is 6.92 Å². The molecule has 0 N–H and O–H groups in total. The lowest BCUT2D eigenvalue weighted by Gasteiger charge is -2.26. The Morgan fingerprint density at radius 3 is 2.83 bits per heavy atom. The van der Waals surface area contributed by atoms with Gasteiger partial charge in [0, 0.05) is 17.8 Å². The summed E-state index contributed by atoms with van der Waals surface area (Å²) in [6.07, 6.45) is 5.17. The third-order valence-corrected chi connectivity index (χ3v) is 2.44. The lowest BCUT2D eigenvalue weighted by molar-refractivity contribution is 0.303. The highest BCUT2D eigenvalue weighted by Crippen LogP contribution is 2.29. The van der Waals surface area contributed by atoms with E-state index in [1.54, 1.807) is 17.0 Å². The van der Waals surface area contributed by atoms with Gasteiger partial charge in [-0.15, -0.1) is 0 Å². The van der Waals surface area contributed by atoms with E-state index in [2.05, 4.69) is 4.98 Å². The molecule has 1 heterocycles. The van der Waals surface area contributed by atoms with Gasteiger partial charge in [-0.2, -0.15) is 0 Å². The van der Waals surface area contributed by atoms with Crippen LogP contribution in [0.5, 0.6) is 0 Å². The van der Waals surface area contributed by atoms with Crippen LogP contribution in [0.25, 0.3) is 0 Å². The van der Waals surface area contributed by atoms with E-state index < -0.39 is 0 Å². The van der Waals surface area contributed by atoms with Crippen LogP contribution in [0.1, 0.15) is 31.0 Å². The summed E-state index contributed by atoms with van der Waals surface area (Å²) in [6, 6.07) is 2.02. The van der Waals surface area contributed by atoms with E-state index in [1.165, 1.54) is 6.42 Å². The molecular weight excluding hydrogens is 152 g/mol. The summed E-state index contributed by atoms with van der Waals surface area (Å²) in [6.45, 7) is 1.84. The Kier molecular flexibility index (Phi) is 1.71. The summed E-state index contributed by atoms with van der Waals surface area (Å²) in [4.78, 5) is 15.5. The molecule has 2 rings (SSSR count). The molecule has 1 aliphatic carbocycles. The molecule has 3 heteroatoms. The molecule has 0 aromatic carbocycles. The Hall–Kier alpha value is -1.12. The lowest BCUT2D eigenvalue weighted by Crippen LogP contribution is -2.28. The van der Waals surface area contributed by atoms with Crippen molar-refractivity contribution in [2.75, 3.05) is 0 Å². The molecular formula is C9H12N2O. The average molecular weight is 164 g/mol. The molecule has 0 bridgehead atoms. The Labute approximate surface area is 71.1 Å². The van der Waals surface area contributed by atoms with Crippen molar-refractivity contribution in [1.82, 2.24) is 9.55 Å². The van der Waals surface area contributed by atoms with Crippen LogP contribution in [-0.4, -0.2) is 9.55 Å². The van der Waals surface area contributed by atoms with Crippen LogP contribution in [0.3, 0.4) is 0 Å². The van der Waals surface area contributed by atoms with Gasteiger partial charge in [0.05, 0.1) is 6.33 Å². The second kappa shape index (κ2) is 2.73. The SMILES string of the molecule is Cc1cc(=O)n(C2CCC2)cn1. The third-order valence-electron chi connectivity index (χ3n) is 2.44. The summed E-state index contributed by atoms with van der Waals surface area (Å²) in [5.74, 6) is 0. The highest BCUT2D eigenvalue weighted by Gasteiger charge is 2.19. The maximum absolute atomic E-state index is 11.4. The number of aromatic nitrogens is 2. The molecule has 12 heavy (non-hydrogen) atoms. The van der Waals surface area contributed by atoms with Gasteiger partial charge >= 0.3 is 0 Å². The van der Waals surface area contributed by atoms with Gasteiger partial charge in [0.2, 0.25) is 0 Å². The van der Waals surface area contributed by atoms with Crippen molar-refractivity contribution in [3.05, 3.63) is 28.4 Å². The van der Waals surface area contributed by atoms with Crippen LogP contribution < -0.4 is 5.56 Å². The van der Waals surface area contributed by atoms with Crippen molar-refractivity contribution in [3.8, 4) is 0 Å². The first-order valence-electron chi connectivity index (χ1n) is 4.32. The van der Waals surface area contributed by atoms with Crippen molar-refractivity contribution in [1.29, 1.82) is 0 Å². The highest BCUT2D eigenvalue weighted by molar-refractivity contribution is 4.98. The fourth-order valence-corrected chi connectivity index (χ4v) is 1.44. The Bertz CT molecular complexity index is 339. The average Bonchev–Trinajstić information content (AvgIpc) is 1.91. The normalized spacial score (nSPS) is 17.4. The molecule has 0 radical (unpaired) electrons. The maximum atomic E-state index is 11.4. The second-order valence-corrected chi connectivity index (χ2v) is 3.36. The van der Waals surface area contributed by atoms with Gasteiger partial charge < -0.3 is 0 Å². The molecule has 0 saturated heterocycles. The Morgan fingerprint density at radius 2 is 2.33 bits per heavy atom. The maximum Gasteiger partial charge on any atom is 0.253 e. The monoisotopic (exact) mass is 164 g/mol. The minimum absolute atomic E-state index is 0.0900. The first kappa shape index (κ1) is 7.53. The Balaban J connectivity index is 2.37. The minimum atomic E-state index is 0.0900. The number of hydrogen-bond donors (Lipinski definition) is 0. The molecule has 64 valence electrons. The topological polar surface area (TPSA) is 34.9 Å². The van der Waals surface area contributed by atoms with Crippen molar-refractivity contribution in [3.63, 3.8) is 0 Å². The van der Waals surface area contributed by atoms with Crippen LogP contribution in [0.15, 0.2) is 17.2 Å². The van der Waals surface area contributed by atoms with Crippen molar-refractivity contribution in [2.45, 2.75) is 32.2 Å². The molecule has 0 amide bonds. The van der Waals surface area contributed by atoms with Gasteiger partial charge in [-0.25, -0.2) is 4.98 Å². The summed E-state index contributed by atoms with van der Waals surface area (Å²) in [5.41, 5.74) is 0.891.